The van der Waals surface area contributed by atoms with Gasteiger partial charge in [0, 0.05) is 24.4 Å². The van der Waals surface area contributed by atoms with Crippen LogP contribution < -0.4 is 10.9 Å². The standard InChI is InChI=1S/C11H16N2O3/c1-8(2)16-6-5-13-11(15)9-3-4-12-10(14)7-9/h3-4,7-8H,5-6H2,1-2H3,(H,12,14)(H,13,15). The molecule has 2 N–H and O–H groups in total. The van der Waals surface area contributed by atoms with Gasteiger partial charge in [0.15, 0.2) is 0 Å². The topological polar surface area (TPSA) is 71.2 Å². The highest BCUT2D eigenvalue weighted by Gasteiger charge is 2.04. The van der Waals surface area contributed by atoms with Crippen molar-refractivity contribution in [1.82, 2.24) is 10.3 Å². The Morgan fingerprint density at radius 2 is 2.31 bits per heavy atom. The molecule has 0 atom stereocenters. The van der Waals surface area contributed by atoms with Crippen LogP contribution in [0.15, 0.2) is 23.1 Å². The molecule has 0 aliphatic carbocycles. The van der Waals surface area contributed by atoms with Crippen molar-refractivity contribution in [2.75, 3.05) is 13.2 Å². The molecule has 1 rings (SSSR count). The molecule has 0 radical (unpaired) electrons. The number of carbonyl (C=O) groups is 1. The van der Waals surface area contributed by atoms with E-state index < -0.39 is 0 Å². The first-order valence-electron chi connectivity index (χ1n) is 5.18. The van der Waals surface area contributed by atoms with Crippen molar-refractivity contribution in [3.8, 4) is 0 Å². The summed E-state index contributed by atoms with van der Waals surface area (Å²) < 4.78 is 5.27. The van der Waals surface area contributed by atoms with E-state index >= 15 is 0 Å². The van der Waals surface area contributed by atoms with Crippen molar-refractivity contribution >= 4 is 5.91 Å². The molecule has 5 nitrogen and oxygen atoms in total. The number of carbonyl (C=O) groups excluding carboxylic acids is 1. The van der Waals surface area contributed by atoms with Crippen LogP contribution >= 0.6 is 0 Å². The molecule has 1 amide bonds. The average molecular weight is 224 g/mol. The van der Waals surface area contributed by atoms with Gasteiger partial charge in [0.05, 0.1) is 12.7 Å². The summed E-state index contributed by atoms with van der Waals surface area (Å²) in [6.07, 6.45) is 1.60. The molecular formula is C11H16N2O3. The van der Waals surface area contributed by atoms with Crippen LogP contribution in [0.1, 0.15) is 24.2 Å². The Balaban J connectivity index is 2.38. The molecule has 16 heavy (non-hydrogen) atoms. The van der Waals surface area contributed by atoms with Crippen molar-refractivity contribution in [3.05, 3.63) is 34.2 Å². The summed E-state index contributed by atoms with van der Waals surface area (Å²) in [5.74, 6) is -0.265. The molecule has 1 aromatic heterocycles. The van der Waals surface area contributed by atoms with E-state index in [0.29, 0.717) is 18.7 Å². The van der Waals surface area contributed by atoms with Gasteiger partial charge in [-0.25, -0.2) is 0 Å². The first-order chi connectivity index (χ1) is 7.59. The van der Waals surface area contributed by atoms with Gasteiger partial charge in [-0.1, -0.05) is 0 Å². The molecular weight excluding hydrogens is 208 g/mol. The van der Waals surface area contributed by atoms with Crippen molar-refractivity contribution in [3.63, 3.8) is 0 Å². The van der Waals surface area contributed by atoms with E-state index in [1.807, 2.05) is 13.8 Å². The predicted octanol–water partition coefficient (Wildman–Crippen LogP) is 0.530. The number of rotatable bonds is 5. The fourth-order valence-corrected chi connectivity index (χ4v) is 1.15. The number of ether oxygens (including phenoxy) is 1. The number of amides is 1. The second kappa shape index (κ2) is 6.07. The van der Waals surface area contributed by atoms with Gasteiger partial charge < -0.3 is 15.0 Å². The van der Waals surface area contributed by atoms with Gasteiger partial charge in [0.1, 0.15) is 0 Å². The van der Waals surface area contributed by atoms with E-state index in [4.69, 9.17) is 4.74 Å². The highest BCUT2D eigenvalue weighted by atomic mass is 16.5. The molecule has 0 aromatic carbocycles. The van der Waals surface area contributed by atoms with E-state index in [1.165, 1.54) is 12.3 Å². The van der Waals surface area contributed by atoms with Gasteiger partial charge in [-0.3, -0.25) is 9.59 Å². The summed E-state index contributed by atoms with van der Waals surface area (Å²) in [5.41, 5.74) is 0.0689. The minimum Gasteiger partial charge on any atom is -0.377 e. The number of H-pyrrole nitrogens is 1. The number of pyridine rings is 1. The minimum absolute atomic E-state index is 0.150. The highest BCUT2D eigenvalue weighted by Crippen LogP contribution is 1.92. The zero-order valence-electron chi connectivity index (χ0n) is 9.45. The molecule has 0 saturated heterocycles. The molecule has 0 unspecified atom stereocenters. The van der Waals surface area contributed by atoms with E-state index in [2.05, 4.69) is 10.3 Å². The Morgan fingerprint density at radius 3 is 2.94 bits per heavy atom. The lowest BCUT2D eigenvalue weighted by molar-refractivity contribution is 0.0746. The quantitative estimate of drug-likeness (QED) is 0.717. The summed E-state index contributed by atoms with van der Waals surface area (Å²) in [7, 11) is 0. The third-order valence-electron chi connectivity index (χ3n) is 1.88. The Hall–Kier alpha value is -1.62. The SMILES string of the molecule is CC(C)OCCNC(=O)c1cc[nH]c(=O)c1. The normalized spacial score (nSPS) is 10.4. The lowest BCUT2D eigenvalue weighted by atomic mass is 10.2. The molecule has 5 heteroatoms. The number of aromatic nitrogens is 1. The molecule has 0 fully saturated rings. The van der Waals surface area contributed by atoms with Crippen LogP contribution in [0.25, 0.3) is 0 Å². The van der Waals surface area contributed by atoms with E-state index in [-0.39, 0.29) is 17.6 Å². The molecule has 88 valence electrons. The summed E-state index contributed by atoms with van der Waals surface area (Å²) in [6.45, 7) is 4.76. The van der Waals surface area contributed by atoms with E-state index in [1.54, 1.807) is 6.07 Å². The maximum Gasteiger partial charge on any atom is 0.251 e. The second-order valence-electron chi connectivity index (χ2n) is 3.62. The highest BCUT2D eigenvalue weighted by molar-refractivity contribution is 5.93. The first-order valence-corrected chi connectivity index (χ1v) is 5.18. The van der Waals surface area contributed by atoms with Crippen LogP contribution in [0.2, 0.25) is 0 Å². The van der Waals surface area contributed by atoms with Crippen molar-refractivity contribution in [2.24, 2.45) is 0 Å². The summed E-state index contributed by atoms with van der Waals surface area (Å²) in [6, 6.07) is 2.82. The van der Waals surface area contributed by atoms with Gasteiger partial charge in [-0.2, -0.15) is 0 Å². The maximum absolute atomic E-state index is 11.5. The molecule has 1 heterocycles. The number of nitrogens with one attached hydrogen (secondary N) is 2. The van der Waals surface area contributed by atoms with Crippen LogP contribution in [0.4, 0.5) is 0 Å². The Morgan fingerprint density at radius 1 is 1.56 bits per heavy atom. The zero-order chi connectivity index (χ0) is 12.0. The monoisotopic (exact) mass is 224 g/mol. The molecule has 0 bridgehead atoms. The van der Waals surface area contributed by atoms with Crippen molar-refractivity contribution < 1.29 is 9.53 Å². The lowest BCUT2D eigenvalue weighted by Crippen LogP contribution is -2.28. The van der Waals surface area contributed by atoms with Gasteiger partial charge >= 0.3 is 0 Å². The van der Waals surface area contributed by atoms with Crippen LogP contribution in [-0.2, 0) is 4.74 Å². The lowest BCUT2D eigenvalue weighted by Gasteiger charge is -2.08. The van der Waals surface area contributed by atoms with Crippen molar-refractivity contribution in [2.45, 2.75) is 20.0 Å². The molecule has 0 saturated carbocycles. The third-order valence-corrected chi connectivity index (χ3v) is 1.88. The Bertz CT molecular complexity index is 398. The summed E-state index contributed by atoms with van der Waals surface area (Å²) in [5, 5.41) is 2.66. The number of aromatic amines is 1. The summed E-state index contributed by atoms with van der Waals surface area (Å²) in [4.78, 5) is 24.9. The Labute approximate surface area is 93.8 Å². The third kappa shape index (κ3) is 4.27. The largest absolute Gasteiger partial charge is 0.377 e. The first kappa shape index (κ1) is 12.4. The zero-order valence-corrected chi connectivity index (χ0v) is 9.45. The van der Waals surface area contributed by atoms with Gasteiger partial charge in [-0.15, -0.1) is 0 Å². The Kier molecular flexibility index (Phi) is 4.72. The maximum atomic E-state index is 11.5. The molecule has 0 aliphatic heterocycles. The van der Waals surface area contributed by atoms with Crippen LogP contribution in [0, 0.1) is 0 Å². The smallest absolute Gasteiger partial charge is 0.251 e. The van der Waals surface area contributed by atoms with E-state index in [9.17, 15) is 9.59 Å². The minimum atomic E-state index is -0.286. The summed E-state index contributed by atoms with van der Waals surface area (Å²) >= 11 is 0. The van der Waals surface area contributed by atoms with Crippen LogP contribution in [0.3, 0.4) is 0 Å². The molecule has 1 aromatic rings. The number of hydrogen-bond donors (Lipinski definition) is 2. The van der Waals surface area contributed by atoms with Crippen molar-refractivity contribution in [1.29, 1.82) is 0 Å². The van der Waals surface area contributed by atoms with Crippen LogP contribution in [-0.4, -0.2) is 30.1 Å². The second-order valence-corrected chi connectivity index (χ2v) is 3.62. The molecule has 0 spiro atoms. The molecule has 0 aliphatic rings. The van der Waals surface area contributed by atoms with Gasteiger partial charge in [-0.05, 0) is 19.9 Å². The number of hydrogen-bond acceptors (Lipinski definition) is 3. The van der Waals surface area contributed by atoms with Gasteiger partial charge in [0.25, 0.3) is 5.91 Å². The fourth-order valence-electron chi connectivity index (χ4n) is 1.15. The van der Waals surface area contributed by atoms with E-state index in [0.717, 1.165) is 0 Å². The predicted molar refractivity (Wildman–Crippen MR) is 60.5 cm³/mol. The fraction of sp³-hybridized carbons (Fsp3) is 0.455. The van der Waals surface area contributed by atoms with Gasteiger partial charge in [0.2, 0.25) is 5.56 Å². The van der Waals surface area contributed by atoms with Crippen LogP contribution in [0.5, 0.6) is 0 Å². The average Bonchev–Trinajstić information content (AvgIpc) is 2.24.